The van der Waals surface area contributed by atoms with Crippen LogP contribution in [0, 0.1) is 11.8 Å². The summed E-state index contributed by atoms with van der Waals surface area (Å²) in [5.41, 5.74) is 18.6. The molecule has 0 saturated heterocycles. The summed E-state index contributed by atoms with van der Waals surface area (Å²) in [7, 11) is 0. The van der Waals surface area contributed by atoms with Crippen LogP contribution in [0.2, 0.25) is 0 Å². The normalized spacial score (nSPS) is 13.9. The minimum absolute atomic E-state index is 0.397. The Morgan fingerprint density at radius 2 is 0.800 bits per heavy atom. The highest BCUT2D eigenvalue weighted by molar-refractivity contribution is 5.83. The van der Waals surface area contributed by atoms with Crippen LogP contribution in [0.15, 0.2) is 72.8 Å². The first-order valence-electron chi connectivity index (χ1n) is 15.1. The second-order valence-electron chi connectivity index (χ2n) is 11.0. The van der Waals surface area contributed by atoms with E-state index in [9.17, 15) is 9.59 Å². The Labute approximate surface area is 241 Å². The first-order valence-corrected chi connectivity index (χ1v) is 15.1. The number of carbonyl (C=O) groups is 2. The maximum Gasteiger partial charge on any atom is 0.136 e. The van der Waals surface area contributed by atoms with Crippen LogP contribution >= 0.6 is 0 Å². The standard InChI is InChI=1S/C14H18O.C13H17NO.C9H13N/c1-2-11-3-5-12(6-4-11)7-10-14(15)13-8-9-13;14-9-11-3-1-10(2-4-11)5-8-13(15)12-6-7-12;1-2-8-3-5-9(7-10)6-4-8/h3-6,13H,2,7-10H2,1H3;1-4,12H,5-9,14H2;3-6H,2,7,10H2,1H3. The quantitative estimate of drug-likeness (QED) is 0.261. The van der Waals surface area contributed by atoms with Crippen LogP contribution in [0.3, 0.4) is 0 Å². The van der Waals surface area contributed by atoms with Gasteiger partial charge in [0.2, 0.25) is 0 Å². The number of ketones is 2. The van der Waals surface area contributed by atoms with Crippen LogP contribution in [-0.2, 0) is 48.4 Å². The molecular weight excluding hydrogens is 492 g/mol. The Morgan fingerprint density at radius 1 is 0.525 bits per heavy atom. The summed E-state index contributed by atoms with van der Waals surface area (Å²) in [4.78, 5) is 23.0. The van der Waals surface area contributed by atoms with E-state index in [1.807, 2.05) is 12.1 Å². The van der Waals surface area contributed by atoms with Crippen molar-refractivity contribution in [3.63, 3.8) is 0 Å². The van der Waals surface area contributed by atoms with E-state index in [2.05, 4.69) is 74.5 Å². The van der Waals surface area contributed by atoms with Gasteiger partial charge in [0.05, 0.1) is 0 Å². The molecule has 40 heavy (non-hydrogen) atoms. The number of rotatable bonds is 12. The van der Waals surface area contributed by atoms with Crippen LogP contribution in [0.5, 0.6) is 0 Å². The lowest BCUT2D eigenvalue weighted by molar-refractivity contribution is -0.121. The Morgan fingerprint density at radius 3 is 1.05 bits per heavy atom. The van der Waals surface area contributed by atoms with Crippen molar-refractivity contribution in [2.24, 2.45) is 23.3 Å². The number of nitrogens with two attached hydrogens (primary N) is 2. The SMILES string of the molecule is CCc1ccc(CCC(=O)C2CC2)cc1.CCc1ccc(CN)cc1.NCc1ccc(CCC(=O)C2CC2)cc1. The molecule has 3 aromatic carbocycles. The van der Waals surface area contributed by atoms with Gasteiger partial charge in [0.25, 0.3) is 0 Å². The van der Waals surface area contributed by atoms with E-state index >= 15 is 0 Å². The van der Waals surface area contributed by atoms with Gasteiger partial charge in [0.1, 0.15) is 11.6 Å². The molecule has 4 N–H and O–H groups in total. The Kier molecular flexibility index (Phi) is 13.3. The van der Waals surface area contributed by atoms with E-state index in [0.717, 1.165) is 63.4 Å². The van der Waals surface area contributed by atoms with Gasteiger partial charge in [-0.05, 0) is 84.7 Å². The molecule has 0 amide bonds. The average molecular weight is 541 g/mol. The van der Waals surface area contributed by atoms with E-state index in [0.29, 0.717) is 42.9 Å². The van der Waals surface area contributed by atoms with Gasteiger partial charge < -0.3 is 11.5 Å². The van der Waals surface area contributed by atoms with Gasteiger partial charge in [0.15, 0.2) is 0 Å². The highest BCUT2D eigenvalue weighted by Crippen LogP contribution is 2.31. The second-order valence-corrected chi connectivity index (χ2v) is 11.0. The second kappa shape index (κ2) is 16.9. The lowest BCUT2D eigenvalue weighted by atomic mass is 10.0. The summed E-state index contributed by atoms with van der Waals surface area (Å²) < 4.78 is 0. The van der Waals surface area contributed by atoms with Crippen LogP contribution in [0.1, 0.15) is 85.8 Å². The molecule has 0 atom stereocenters. The van der Waals surface area contributed by atoms with Crippen molar-refractivity contribution in [3.8, 4) is 0 Å². The smallest absolute Gasteiger partial charge is 0.136 e. The Bertz CT molecular complexity index is 1060. The highest BCUT2D eigenvalue weighted by atomic mass is 16.1. The van der Waals surface area contributed by atoms with E-state index in [-0.39, 0.29) is 0 Å². The van der Waals surface area contributed by atoms with Crippen molar-refractivity contribution in [2.45, 2.75) is 91.1 Å². The highest BCUT2D eigenvalue weighted by Gasteiger charge is 2.29. The van der Waals surface area contributed by atoms with E-state index in [4.69, 9.17) is 11.5 Å². The number of Topliss-reactive ketones (excluding diaryl/α,β-unsaturated/α-hetero) is 2. The molecule has 4 heteroatoms. The van der Waals surface area contributed by atoms with E-state index < -0.39 is 0 Å². The van der Waals surface area contributed by atoms with Gasteiger partial charge in [0, 0.05) is 37.8 Å². The van der Waals surface area contributed by atoms with E-state index in [1.54, 1.807) is 0 Å². The van der Waals surface area contributed by atoms with Crippen LogP contribution in [-0.4, -0.2) is 11.6 Å². The molecule has 2 aliphatic carbocycles. The number of carbonyl (C=O) groups excluding carboxylic acids is 2. The largest absolute Gasteiger partial charge is 0.326 e. The van der Waals surface area contributed by atoms with Crippen molar-refractivity contribution in [1.82, 2.24) is 0 Å². The molecule has 2 saturated carbocycles. The maximum atomic E-state index is 11.5. The summed E-state index contributed by atoms with van der Waals surface area (Å²) >= 11 is 0. The molecule has 3 aromatic rings. The molecular formula is C36H48N2O2. The number of hydrogen-bond donors (Lipinski definition) is 2. The Balaban J connectivity index is 0.000000169. The predicted molar refractivity (Wildman–Crippen MR) is 166 cm³/mol. The molecule has 0 radical (unpaired) electrons. The van der Waals surface area contributed by atoms with Gasteiger partial charge in [-0.1, -0.05) is 86.6 Å². The molecule has 0 bridgehead atoms. The molecule has 0 spiro atoms. The molecule has 0 aromatic heterocycles. The van der Waals surface area contributed by atoms with Gasteiger partial charge in [-0.15, -0.1) is 0 Å². The van der Waals surface area contributed by atoms with Gasteiger partial charge in [-0.2, -0.15) is 0 Å². The van der Waals surface area contributed by atoms with E-state index in [1.165, 1.54) is 27.8 Å². The lowest BCUT2D eigenvalue weighted by Crippen LogP contribution is -2.02. The van der Waals surface area contributed by atoms with Crippen molar-refractivity contribution in [1.29, 1.82) is 0 Å². The summed E-state index contributed by atoms with van der Waals surface area (Å²) in [6.45, 7) is 5.54. The van der Waals surface area contributed by atoms with Crippen molar-refractivity contribution < 1.29 is 9.59 Å². The fourth-order valence-electron chi connectivity index (χ4n) is 4.45. The lowest BCUT2D eigenvalue weighted by Gasteiger charge is -2.02. The molecule has 2 fully saturated rings. The number of aryl methyl sites for hydroxylation is 4. The molecule has 0 heterocycles. The van der Waals surface area contributed by atoms with Crippen LogP contribution in [0.4, 0.5) is 0 Å². The summed E-state index contributed by atoms with van der Waals surface area (Å²) in [5, 5.41) is 0. The minimum Gasteiger partial charge on any atom is -0.326 e. The number of hydrogen-bond acceptors (Lipinski definition) is 4. The van der Waals surface area contributed by atoms with Gasteiger partial charge >= 0.3 is 0 Å². The fourth-order valence-corrected chi connectivity index (χ4v) is 4.45. The first kappa shape index (κ1) is 31.4. The zero-order valence-electron chi connectivity index (χ0n) is 24.5. The minimum atomic E-state index is 0.397. The predicted octanol–water partition coefficient (Wildman–Crippen LogP) is 6.93. The molecule has 4 nitrogen and oxygen atoms in total. The van der Waals surface area contributed by atoms with Crippen LogP contribution in [0.25, 0.3) is 0 Å². The topological polar surface area (TPSA) is 86.2 Å². The molecule has 214 valence electrons. The maximum absolute atomic E-state index is 11.5. The van der Waals surface area contributed by atoms with Crippen molar-refractivity contribution in [2.75, 3.05) is 0 Å². The third kappa shape index (κ3) is 11.6. The fraction of sp³-hybridized carbons (Fsp3) is 0.444. The third-order valence-electron chi connectivity index (χ3n) is 7.74. The third-order valence-corrected chi connectivity index (χ3v) is 7.74. The first-order chi connectivity index (χ1) is 19.4. The average Bonchev–Trinajstić information content (AvgIpc) is 3.93. The molecule has 2 aliphatic rings. The zero-order chi connectivity index (χ0) is 28.7. The van der Waals surface area contributed by atoms with Crippen molar-refractivity contribution in [3.05, 3.63) is 106 Å². The zero-order valence-corrected chi connectivity index (χ0v) is 24.5. The molecule has 5 rings (SSSR count). The summed E-state index contributed by atoms with van der Waals surface area (Å²) in [6, 6.07) is 25.3. The molecule has 0 unspecified atom stereocenters. The monoisotopic (exact) mass is 540 g/mol. The van der Waals surface area contributed by atoms with Crippen molar-refractivity contribution >= 4 is 11.6 Å². The van der Waals surface area contributed by atoms with Gasteiger partial charge in [-0.25, -0.2) is 0 Å². The molecule has 0 aliphatic heterocycles. The number of benzene rings is 3. The van der Waals surface area contributed by atoms with Crippen LogP contribution < -0.4 is 11.5 Å². The van der Waals surface area contributed by atoms with Gasteiger partial charge in [-0.3, -0.25) is 9.59 Å². The summed E-state index contributed by atoms with van der Waals surface area (Å²) in [5.74, 6) is 1.72. The summed E-state index contributed by atoms with van der Waals surface area (Å²) in [6.07, 6.45) is 9.91. The Hall–Kier alpha value is -3.08.